The predicted octanol–water partition coefficient (Wildman–Crippen LogP) is 3.77. The molecule has 2 aromatic rings. The SMILES string of the molecule is COc1ccc(/C=C/C#Cc2ccccc2)cc1OC. The first-order chi connectivity index (χ1) is 9.83. The summed E-state index contributed by atoms with van der Waals surface area (Å²) in [4.78, 5) is 0. The Balaban J connectivity index is 2.11. The fourth-order valence-electron chi connectivity index (χ4n) is 1.74. The van der Waals surface area contributed by atoms with Crippen molar-refractivity contribution in [2.45, 2.75) is 0 Å². The van der Waals surface area contributed by atoms with Crippen LogP contribution in [-0.2, 0) is 0 Å². The molecule has 0 atom stereocenters. The third kappa shape index (κ3) is 3.66. The van der Waals surface area contributed by atoms with E-state index < -0.39 is 0 Å². The van der Waals surface area contributed by atoms with E-state index in [9.17, 15) is 0 Å². The van der Waals surface area contributed by atoms with E-state index in [2.05, 4.69) is 11.8 Å². The van der Waals surface area contributed by atoms with Crippen molar-refractivity contribution >= 4 is 6.08 Å². The molecule has 2 aromatic carbocycles. The molecule has 0 N–H and O–H groups in total. The van der Waals surface area contributed by atoms with Gasteiger partial charge in [0.25, 0.3) is 0 Å². The molecule has 0 spiro atoms. The van der Waals surface area contributed by atoms with Crippen molar-refractivity contribution < 1.29 is 9.47 Å². The van der Waals surface area contributed by atoms with Gasteiger partial charge in [0.1, 0.15) is 0 Å². The van der Waals surface area contributed by atoms with Crippen LogP contribution in [0.4, 0.5) is 0 Å². The van der Waals surface area contributed by atoms with E-state index in [4.69, 9.17) is 9.47 Å². The zero-order valence-electron chi connectivity index (χ0n) is 11.6. The molecular weight excluding hydrogens is 248 g/mol. The highest BCUT2D eigenvalue weighted by atomic mass is 16.5. The fourth-order valence-corrected chi connectivity index (χ4v) is 1.74. The van der Waals surface area contributed by atoms with Gasteiger partial charge >= 0.3 is 0 Å². The van der Waals surface area contributed by atoms with Crippen LogP contribution in [0.3, 0.4) is 0 Å². The summed E-state index contributed by atoms with van der Waals surface area (Å²) >= 11 is 0. The van der Waals surface area contributed by atoms with Crippen molar-refractivity contribution in [3.8, 4) is 23.3 Å². The molecular formula is C18H16O2. The van der Waals surface area contributed by atoms with Gasteiger partial charge in [-0.1, -0.05) is 36.1 Å². The molecule has 0 radical (unpaired) electrons. The lowest BCUT2D eigenvalue weighted by molar-refractivity contribution is 0.355. The van der Waals surface area contributed by atoms with Crippen molar-refractivity contribution in [1.29, 1.82) is 0 Å². The van der Waals surface area contributed by atoms with E-state index in [1.165, 1.54) is 0 Å². The second kappa shape index (κ2) is 7.06. The smallest absolute Gasteiger partial charge is 0.161 e. The van der Waals surface area contributed by atoms with Crippen LogP contribution >= 0.6 is 0 Å². The van der Waals surface area contributed by atoms with Crippen LogP contribution in [-0.4, -0.2) is 14.2 Å². The van der Waals surface area contributed by atoms with Crippen molar-refractivity contribution in [3.63, 3.8) is 0 Å². The Morgan fingerprint density at radius 2 is 1.65 bits per heavy atom. The number of hydrogen-bond donors (Lipinski definition) is 0. The molecule has 0 aliphatic rings. The number of hydrogen-bond acceptors (Lipinski definition) is 2. The van der Waals surface area contributed by atoms with Crippen LogP contribution < -0.4 is 9.47 Å². The van der Waals surface area contributed by atoms with E-state index in [-0.39, 0.29) is 0 Å². The van der Waals surface area contributed by atoms with Crippen molar-refractivity contribution in [3.05, 3.63) is 65.7 Å². The fraction of sp³-hybridized carbons (Fsp3) is 0.111. The van der Waals surface area contributed by atoms with Crippen LogP contribution in [0.5, 0.6) is 11.5 Å². The molecule has 2 rings (SSSR count). The Bertz CT molecular complexity index is 646. The van der Waals surface area contributed by atoms with Gasteiger partial charge in [-0.2, -0.15) is 0 Å². The van der Waals surface area contributed by atoms with Crippen LogP contribution in [0.25, 0.3) is 6.08 Å². The molecule has 2 heteroatoms. The highest BCUT2D eigenvalue weighted by molar-refractivity contribution is 5.58. The van der Waals surface area contributed by atoms with Crippen LogP contribution in [0.15, 0.2) is 54.6 Å². The van der Waals surface area contributed by atoms with Gasteiger partial charge in [0, 0.05) is 5.56 Å². The third-order valence-electron chi connectivity index (χ3n) is 2.76. The molecule has 2 nitrogen and oxygen atoms in total. The molecule has 0 aliphatic carbocycles. The monoisotopic (exact) mass is 264 g/mol. The van der Waals surface area contributed by atoms with Crippen LogP contribution in [0, 0.1) is 11.8 Å². The molecule has 0 saturated carbocycles. The molecule has 20 heavy (non-hydrogen) atoms. The van der Waals surface area contributed by atoms with Gasteiger partial charge in [-0.05, 0) is 42.0 Å². The minimum Gasteiger partial charge on any atom is -0.493 e. The summed E-state index contributed by atoms with van der Waals surface area (Å²) in [5, 5.41) is 0. The van der Waals surface area contributed by atoms with E-state index >= 15 is 0 Å². The lowest BCUT2D eigenvalue weighted by Gasteiger charge is -2.07. The summed E-state index contributed by atoms with van der Waals surface area (Å²) in [7, 11) is 3.25. The Morgan fingerprint density at radius 1 is 0.900 bits per heavy atom. The number of rotatable bonds is 3. The molecule has 0 saturated heterocycles. The predicted molar refractivity (Wildman–Crippen MR) is 81.9 cm³/mol. The summed E-state index contributed by atoms with van der Waals surface area (Å²) < 4.78 is 10.5. The highest BCUT2D eigenvalue weighted by Gasteiger charge is 2.01. The van der Waals surface area contributed by atoms with Crippen molar-refractivity contribution in [2.24, 2.45) is 0 Å². The largest absolute Gasteiger partial charge is 0.493 e. The number of methoxy groups -OCH3 is 2. The lowest BCUT2D eigenvalue weighted by Crippen LogP contribution is -1.90. The zero-order chi connectivity index (χ0) is 14.2. The van der Waals surface area contributed by atoms with Gasteiger partial charge in [-0.15, -0.1) is 0 Å². The molecule has 0 amide bonds. The summed E-state index contributed by atoms with van der Waals surface area (Å²) in [6.07, 6.45) is 3.77. The lowest BCUT2D eigenvalue weighted by atomic mass is 10.2. The zero-order valence-corrected chi connectivity index (χ0v) is 11.6. The second-order valence-electron chi connectivity index (χ2n) is 4.08. The summed E-state index contributed by atoms with van der Waals surface area (Å²) in [5.41, 5.74) is 2.02. The minimum absolute atomic E-state index is 0.714. The van der Waals surface area contributed by atoms with Gasteiger partial charge < -0.3 is 9.47 Å². The summed E-state index contributed by atoms with van der Waals surface area (Å²) in [5.74, 6) is 7.52. The van der Waals surface area contributed by atoms with E-state index in [0.29, 0.717) is 5.75 Å². The standard InChI is InChI=1S/C18H16O2/c1-19-17-13-12-16(14-18(17)20-2)11-7-6-10-15-8-4-3-5-9-15/h3-5,7-9,11-14H,1-2H3/b11-7+. The Kier molecular flexibility index (Phi) is 4.86. The first-order valence-electron chi connectivity index (χ1n) is 6.28. The average molecular weight is 264 g/mol. The Hall–Kier alpha value is -2.66. The van der Waals surface area contributed by atoms with Gasteiger partial charge in [0.05, 0.1) is 14.2 Å². The average Bonchev–Trinajstić information content (AvgIpc) is 2.52. The molecule has 0 aliphatic heterocycles. The maximum Gasteiger partial charge on any atom is 0.161 e. The molecule has 0 heterocycles. The number of benzene rings is 2. The van der Waals surface area contributed by atoms with Crippen molar-refractivity contribution in [2.75, 3.05) is 14.2 Å². The Morgan fingerprint density at radius 3 is 2.35 bits per heavy atom. The molecule has 0 fully saturated rings. The van der Waals surface area contributed by atoms with E-state index in [1.807, 2.05) is 60.7 Å². The normalized spacial score (nSPS) is 9.90. The van der Waals surface area contributed by atoms with Crippen LogP contribution in [0.2, 0.25) is 0 Å². The molecule has 0 unspecified atom stereocenters. The maximum absolute atomic E-state index is 5.26. The minimum atomic E-state index is 0.714. The molecule has 100 valence electrons. The van der Waals surface area contributed by atoms with E-state index in [0.717, 1.165) is 16.9 Å². The highest BCUT2D eigenvalue weighted by Crippen LogP contribution is 2.27. The molecule has 0 aromatic heterocycles. The second-order valence-corrected chi connectivity index (χ2v) is 4.08. The van der Waals surface area contributed by atoms with E-state index in [1.54, 1.807) is 14.2 Å². The quantitative estimate of drug-likeness (QED) is 0.786. The third-order valence-corrected chi connectivity index (χ3v) is 2.76. The van der Waals surface area contributed by atoms with Crippen molar-refractivity contribution in [1.82, 2.24) is 0 Å². The summed E-state index contributed by atoms with van der Waals surface area (Å²) in [6.45, 7) is 0. The van der Waals surface area contributed by atoms with Gasteiger partial charge in [-0.3, -0.25) is 0 Å². The number of ether oxygens (including phenoxy) is 2. The topological polar surface area (TPSA) is 18.5 Å². The summed E-state index contributed by atoms with van der Waals surface area (Å²) in [6, 6.07) is 15.6. The van der Waals surface area contributed by atoms with Gasteiger partial charge in [0.15, 0.2) is 11.5 Å². The number of allylic oxidation sites excluding steroid dienone is 1. The Labute approximate surface area is 119 Å². The molecule has 0 bridgehead atoms. The maximum atomic E-state index is 5.26. The van der Waals surface area contributed by atoms with Crippen LogP contribution in [0.1, 0.15) is 11.1 Å². The first-order valence-corrected chi connectivity index (χ1v) is 6.28. The first kappa shape index (κ1) is 13.8. The van der Waals surface area contributed by atoms with Gasteiger partial charge in [-0.25, -0.2) is 0 Å². The van der Waals surface area contributed by atoms with Gasteiger partial charge in [0.2, 0.25) is 0 Å².